The Balaban J connectivity index is 2.26. The molecule has 0 bridgehead atoms. The van der Waals surface area contributed by atoms with Crippen molar-refractivity contribution < 1.29 is 4.42 Å². The van der Waals surface area contributed by atoms with Gasteiger partial charge in [-0.2, -0.15) is 0 Å². The minimum absolute atomic E-state index is 0.495. The van der Waals surface area contributed by atoms with Gasteiger partial charge in [0.2, 0.25) is 5.89 Å². The number of halogens is 2. The van der Waals surface area contributed by atoms with Crippen LogP contribution in [0.15, 0.2) is 40.8 Å². The van der Waals surface area contributed by atoms with E-state index in [0.717, 1.165) is 14.7 Å². The highest BCUT2D eigenvalue weighted by molar-refractivity contribution is 14.1. The van der Waals surface area contributed by atoms with Gasteiger partial charge in [-0.3, -0.25) is 0 Å². The van der Waals surface area contributed by atoms with E-state index in [2.05, 4.69) is 27.6 Å². The summed E-state index contributed by atoms with van der Waals surface area (Å²) < 4.78 is 6.77. The predicted molar refractivity (Wildman–Crippen MR) is 81.6 cm³/mol. The number of aromatic nitrogens is 1. The molecular formula is C13H8ClIN2O. The molecule has 0 atom stereocenters. The number of fused-ring (bicyclic) bond motifs is 1. The summed E-state index contributed by atoms with van der Waals surface area (Å²) >= 11 is 8.29. The van der Waals surface area contributed by atoms with Crippen molar-refractivity contribution in [3.05, 3.63) is 45.0 Å². The van der Waals surface area contributed by atoms with Gasteiger partial charge in [-0.05, 0) is 52.9 Å². The summed E-state index contributed by atoms with van der Waals surface area (Å²) in [6.45, 7) is 0. The van der Waals surface area contributed by atoms with Gasteiger partial charge in [0.1, 0.15) is 5.52 Å². The van der Waals surface area contributed by atoms with Crippen molar-refractivity contribution in [3.63, 3.8) is 0 Å². The molecule has 0 radical (unpaired) electrons. The highest BCUT2D eigenvalue weighted by Gasteiger charge is 2.13. The number of benzene rings is 2. The Morgan fingerprint density at radius 2 is 2.06 bits per heavy atom. The fourth-order valence-corrected chi connectivity index (χ4v) is 2.44. The Morgan fingerprint density at radius 1 is 1.22 bits per heavy atom. The maximum absolute atomic E-state index is 6.06. The Labute approximate surface area is 122 Å². The van der Waals surface area contributed by atoms with Gasteiger partial charge in [0.15, 0.2) is 5.58 Å². The van der Waals surface area contributed by atoms with Crippen LogP contribution < -0.4 is 5.73 Å². The van der Waals surface area contributed by atoms with Crippen LogP contribution in [0.25, 0.3) is 22.6 Å². The van der Waals surface area contributed by atoms with Crippen molar-refractivity contribution in [2.45, 2.75) is 0 Å². The molecule has 3 nitrogen and oxygen atoms in total. The molecule has 1 aromatic heterocycles. The summed E-state index contributed by atoms with van der Waals surface area (Å²) in [5, 5.41) is 0.551. The van der Waals surface area contributed by atoms with Crippen LogP contribution in [0.5, 0.6) is 0 Å². The van der Waals surface area contributed by atoms with Crippen LogP contribution in [-0.4, -0.2) is 4.98 Å². The normalized spacial score (nSPS) is 11.0. The van der Waals surface area contributed by atoms with E-state index < -0.39 is 0 Å². The van der Waals surface area contributed by atoms with E-state index in [-0.39, 0.29) is 0 Å². The van der Waals surface area contributed by atoms with Gasteiger partial charge in [-0.1, -0.05) is 17.7 Å². The SMILES string of the molecule is Nc1ccc(I)cc1-c1nc2cccc(Cl)c2o1. The van der Waals surface area contributed by atoms with Crippen LogP contribution in [0.4, 0.5) is 5.69 Å². The van der Waals surface area contributed by atoms with E-state index in [9.17, 15) is 0 Å². The van der Waals surface area contributed by atoms with E-state index >= 15 is 0 Å². The smallest absolute Gasteiger partial charge is 0.229 e. The molecule has 0 aliphatic carbocycles. The van der Waals surface area contributed by atoms with Crippen molar-refractivity contribution in [1.82, 2.24) is 4.98 Å². The second-order valence-electron chi connectivity index (χ2n) is 3.84. The molecule has 0 saturated carbocycles. The largest absolute Gasteiger partial charge is 0.434 e. The molecule has 0 aliphatic heterocycles. The second kappa shape index (κ2) is 4.44. The van der Waals surface area contributed by atoms with E-state index in [1.54, 1.807) is 6.07 Å². The number of rotatable bonds is 1. The Morgan fingerprint density at radius 3 is 2.83 bits per heavy atom. The Kier molecular flexibility index (Phi) is 2.91. The Bertz CT molecular complexity index is 739. The third kappa shape index (κ3) is 1.95. The molecule has 3 aromatic rings. The monoisotopic (exact) mass is 370 g/mol. The van der Waals surface area contributed by atoms with Gasteiger partial charge < -0.3 is 10.2 Å². The average molecular weight is 371 g/mol. The van der Waals surface area contributed by atoms with Crippen molar-refractivity contribution in [2.75, 3.05) is 5.73 Å². The second-order valence-corrected chi connectivity index (χ2v) is 5.49. The van der Waals surface area contributed by atoms with E-state index in [0.29, 0.717) is 22.2 Å². The van der Waals surface area contributed by atoms with Crippen LogP contribution in [0.2, 0.25) is 5.02 Å². The maximum Gasteiger partial charge on any atom is 0.229 e. The first-order valence-corrected chi connectivity index (χ1v) is 6.71. The van der Waals surface area contributed by atoms with Crippen LogP contribution >= 0.6 is 34.2 Å². The zero-order valence-electron chi connectivity index (χ0n) is 9.15. The topological polar surface area (TPSA) is 52.0 Å². The Hall–Kier alpha value is -1.27. The highest BCUT2D eigenvalue weighted by atomic mass is 127. The number of para-hydroxylation sites is 1. The fraction of sp³-hybridized carbons (Fsp3) is 0. The lowest BCUT2D eigenvalue weighted by Gasteiger charge is -2.01. The maximum atomic E-state index is 6.06. The van der Waals surface area contributed by atoms with Crippen LogP contribution in [0, 0.1) is 3.57 Å². The molecule has 0 aliphatic rings. The van der Waals surface area contributed by atoms with Crippen molar-refractivity contribution >= 4 is 51.0 Å². The number of hydrogen-bond acceptors (Lipinski definition) is 3. The highest BCUT2D eigenvalue weighted by Crippen LogP contribution is 2.32. The molecule has 0 saturated heterocycles. The molecule has 0 fully saturated rings. The number of anilines is 1. The lowest BCUT2D eigenvalue weighted by Crippen LogP contribution is -1.90. The minimum Gasteiger partial charge on any atom is -0.434 e. The van der Waals surface area contributed by atoms with Crippen LogP contribution in [0.3, 0.4) is 0 Å². The summed E-state index contributed by atoms with van der Waals surface area (Å²) in [6.07, 6.45) is 0. The number of oxazole rings is 1. The van der Waals surface area contributed by atoms with Crippen LogP contribution in [0.1, 0.15) is 0 Å². The van der Waals surface area contributed by atoms with Crippen molar-refractivity contribution in [3.8, 4) is 11.5 Å². The molecule has 0 unspecified atom stereocenters. The van der Waals surface area contributed by atoms with Crippen molar-refractivity contribution in [1.29, 1.82) is 0 Å². The van der Waals surface area contributed by atoms with E-state index in [4.69, 9.17) is 21.8 Å². The molecular weight excluding hydrogens is 363 g/mol. The molecule has 2 N–H and O–H groups in total. The predicted octanol–water partition coefficient (Wildman–Crippen LogP) is 4.34. The third-order valence-corrected chi connectivity index (χ3v) is 3.58. The standard InChI is InChI=1S/C13H8ClIN2O/c14-9-2-1-3-11-12(9)18-13(17-11)8-6-7(15)4-5-10(8)16/h1-6H,16H2. The number of nitrogens with two attached hydrogens (primary N) is 1. The lowest BCUT2D eigenvalue weighted by atomic mass is 10.2. The zero-order valence-corrected chi connectivity index (χ0v) is 12.1. The van der Waals surface area contributed by atoms with Gasteiger partial charge in [0.05, 0.1) is 10.6 Å². The van der Waals surface area contributed by atoms with Crippen LogP contribution in [-0.2, 0) is 0 Å². The van der Waals surface area contributed by atoms with Gasteiger partial charge in [-0.25, -0.2) is 4.98 Å². The number of nitrogen functional groups attached to an aromatic ring is 1. The average Bonchev–Trinajstić information content (AvgIpc) is 2.77. The molecule has 90 valence electrons. The third-order valence-electron chi connectivity index (χ3n) is 2.61. The van der Waals surface area contributed by atoms with Gasteiger partial charge >= 0.3 is 0 Å². The summed E-state index contributed by atoms with van der Waals surface area (Å²) in [7, 11) is 0. The molecule has 0 amide bonds. The molecule has 2 aromatic carbocycles. The summed E-state index contributed by atoms with van der Waals surface area (Å²) in [6, 6.07) is 11.2. The van der Waals surface area contributed by atoms with Gasteiger partial charge in [0.25, 0.3) is 0 Å². The quantitative estimate of drug-likeness (QED) is 0.512. The van der Waals surface area contributed by atoms with Crippen molar-refractivity contribution in [2.24, 2.45) is 0 Å². The lowest BCUT2D eigenvalue weighted by molar-refractivity contribution is 0.620. The fourth-order valence-electron chi connectivity index (χ4n) is 1.74. The number of nitrogens with zero attached hydrogens (tertiary/aromatic N) is 1. The molecule has 18 heavy (non-hydrogen) atoms. The number of hydrogen-bond donors (Lipinski definition) is 1. The van der Waals surface area contributed by atoms with E-state index in [1.807, 2.05) is 30.3 Å². The molecule has 0 spiro atoms. The van der Waals surface area contributed by atoms with Gasteiger partial charge in [0, 0.05) is 9.26 Å². The molecule has 1 heterocycles. The minimum atomic E-state index is 0.495. The summed E-state index contributed by atoms with van der Waals surface area (Å²) in [5.41, 5.74) is 8.69. The first kappa shape index (κ1) is 11.8. The van der Waals surface area contributed by atoms with Gasteiger partial charge in [-0.15, -0.1) is 0 Å². The first-order chi connectivity index (χ1) is 8.65. The summed E-state index contributed by atoms with van der Waals surface area (Å²) in [5.74, 6) is 0.495. The molecule has 5 heteroatoms. The first-order valence-electron chi connectivity index (χ1n) is 5.25. The molecule has 3 rings (SSSR count). The zero-order chi connectivity index (χ0) is 12.7. The van der Waals surface area contributed by atoms with E-state index in [1.165, 1.54) is 0 Å². The summed E-state index contributed by atoms with van der Waals surface area (Å²) in [4.78, 5) is 4.41.